The highest BCUT2D eigenvalue weighted by Gasteiger charge is 2.38. The van der Waals surface area contributed by atoms with Crippen LogP contribution in [0, 0.1) is 5.92 Å². The Kier molecular flexibility index (Phi) is 11.9. The van der Waals surface area contributed by atoms with E-state index in [-0.39, 0.29) is 17.6 Å². The second-order valence-electron chi connectivity index (χ2n) is 9.86. The van der Waals surface area contributed by atoms with Crippen molar-refractivity contribution in [1.29, 1.82) is 0 Å². The monoisotopic (exact) mass is 477 g/mol. The van der Waals surface area contributed by atoms with Crippen LogP contribution in [0.25, 0.3) is 0 Å². The van der Waals surface area contributed by atoms with Crippen LogP contribution in [0.1, 0.15) is 85.8 Å². The van der Waals surface area contributed by atoms with Crippen molar-refractivity contribution < 1.29 is 24.2 Å². The van der Waals surface area contributed by atoms with Gasteiger partial charge in [-0.3, -0.25) is 9.59 Å². The van der Waals surface area contributed by atoms with Crippen molar-refractivity contribution in [2.45, 2.75) is 91.8 Å². The van der Waals surface area contributed by atoms with E-state index in [0.717, 1.165) is 19.3 Å². The second-order valence-corrected chi connectivity index (χ2v) is 9.86. The molecule has 3 N–H and O–H groups in total. The molecule has 8 heteroatoms. The molecule has 1 rings (SSSR count). The van der Waals surface area contributed by atoms with Crippen molar-refractivity contribution in [3.63, 3.8) is 0 Å². The summed E-state index contributed by atoms with van der Waals surface area (Å²) in [6.07, 6.45) is 2.49. The molecule has 0 aliphatic rings. The average molecular weight is 478 g/mol. The Morgan fingerprint density at radius 3 is 2.21 bits per heavy atom. The van der Waals surface area contributed by atoms with Crippen LogP contribution in [0.4, 0.5) is 4.79 Å². The molecular weight excluding hydrogens is 434 g/mol. The quantitative estimate of drug-likeness (QED) is 0.383. The van der Waals surface area contributed by atoms with Crippen molar-refractivity contribution >= 4 is 17.9 Å². The fraction of sp³-hybridized carbons (Fsp3) is 0.654. The molecule has 0 bridgehead atoms. The summed E-state index contributed by atoms with van der Waals surface area (Å²) in [4.78, 5) is 41.2. The van der Waals surface area contributed by atoms with Gasteiger partial charge in [0.25, 0.3) is 0 Å². The zero-order chi connectivity index (χ0) is 25.9. The standard InChI is InChI=1S/C26H43N3O5/c1-8-10-16-27-23(31)22(19-14-12-13-15-20(19)30)29(17-11-9-2)24(32)21(18(3)4)28-25(33)34-26(5,6)7/h12-15,18,21-22,30H,8-11,16-17H2,1-7H3,(H,27,31)(H,28,33). The van der Waals surface area contributed by atoms with Gasteiger partial charge in [-0.1, -0.05) is 58.7 Å². The topological polar surface area (TPSA) is 108 Å². The van der Waals surface area contributed by atoms with Crippen molar-refractivity contribution in [3.8, 4) is 5.75 Å². The molecule has 192 valence electrons. The highest BCUT2D eigenvalue weighted by molar-refractivity contribution is 5.92. The maximum atomic E-state index is 13.8. The molecule has 2 unspecified atom stereocenters. The second kappa shape index (κ2) is 13.8. The lowest BCUT2D eigenvalue weighted by Crippen LogP contribution is -2.55. The Hall–Kier alpha value is -2.77. The number of phenolic OH excluding ortho intramolecular Hbond substituents is 1. The van der Waals surface area contributed by atoms with Crippen LogP contribution < -0.4 is 10.6 Å². The lowest BCUT2D eigenvalue weighted by atomic mass is 9.98. The van der Waals surface area contributed by atoms with Crippen molar-refractivity contribution in [2.75, 3.05) is 13.1 Å². The van der Waals surface area contributed by atoms with E-state index < -0.39 is 29.7 Å². The number of nitrogens with zero attached hydrogens (tertiary/aromatic N) is 1. The summed E-state index contributed by atoms with van der Waals surface area (Å²) in [6, 6.07) is 4.62. The Balaban J connectivity index is 3.40. The number of alkyl carbamates (subject to hydrolysis) is 1. The minimum atomic E-state index is -1.03. The number of ether oxygens (including phenoxy) is 1. The number of nitrogens with one attached hydrogen (secondary N) is 2. The summed E-state index contributed by atoms with van der Waals surface area (Å²) in [6.45, 7) is 13.7. The Labute approximate surface area is 204 Å². The first-order chi connectivity index (χ1) is 15.9. The minimum absolute atomic E-state index is 0.0614. The Morgan fingerprint density at radius 2 is 1.68 bits per heavy atom. The molecule has 0 aliphatic carbocycles. The molecule has 1 aromatic rings. The van der Waals surface area contributed by atoms with Crippen LogP contribution in [-0.2, 0) is 14.3 Å². The van der Waals surface area contributed by atoms with Crippen molar-refractivity contribution in [2.24, 2.45) is 5.92 Å². The van der Waals surface area contributed by atoms with Crippen molar-refractivity contribution in [3.05, 3.63) is 29.8 Å². The van der Waals surface area contributed by atoms with E-state index in [9.17, 15) is 19.5 Å². The van der Waals surface area contributed by atoms with E-state index in [0.29, 0.717) is 25.1 Å². The van der Waals surface area contributed by atoms with Crippen LogP contribution in [0.2, 0.25) is 0 Å². The molecule has 0 fully saturated rings. The first kappa shape index (κ1) is 29.3. The number of benzene rings is 1. The predicted molar refractivity (Wildman–Crippen MR) is 133 cm³/mol. The van der Waals surface area contributed by atoms with Gasteiger partial charge in [0.15, 0.2) is 0 Å². The van der Waals surface area contributed by atoms with Crippen LogP contribution in [0.15, 0.2) is 24.3 Å². The summed E-state index contributed by atoms with van der Waals surface area (Å²) in [5.74, 6) is -1.07. The third kappa shape index (κ3) is 9.23. The fourth-order valence-corrected chi connectivity index (χ4v) is 3.48. The lowest BCUT2D eigenvalue weighted by Gasteiger charge is -2.35. The molecule has 0 saturated heterocycles. The molecule has 34 heavy (non-hydrogen) atoms. The summed E-state index contributed by atoms with van der Waals surface area (Å²) >= 11 is 0. The third-order valence-corrected chi connectivity index (χ3v) is 5.26. The normalized spacial score (nSPS) is 13.2. The van der Waals surface area contributed by atoms with Gasteiger partial charge in [0, 0.05) is 18.7 Å². The molecule has 0 aliphatic heterocycles. The third-order valence-electron chi connectivity index (χ3n) is 5.26. The summed E-state index contributed by atoms with van der Waals surface area (Å²) in [5, 5.41) is 16.2. The van der Waals surface area contributed by atoms with E-state index in [1.807, 2.05) is 27.7 Å². The van der Waals surface area contributed by atoms with E-state index in [1.165, 1.54) is 11.0 Å². The van der Waals surface area contributed by atoms with E-state index in [4.69, 9.17) is 4.74 Å². The summed E-state index contributed by atoms with van der Waals surface area (Å²) < 4.78 is 5.37. The number of unbranched alkanes of at least 4 members (excludes halogenated alkanes) is 2. The molecule has 2 atom stereocenters. The summed E-state index contributed by atoms with van der Waals surface area (Å²) in [7, 11) is 0. The van der Waals surface area contributed by atoms with E-state index >= 15 is 0 Å². The van der Waals surface area contributed by atoms with Gasteiger partial charge < -0.3 is 25.4 Å². The highest BCUT2D eigenvalue weighted by Crippen LogP contribution is 2.30. The first-order valence-electron chi connectivity index (χ1n) is 12.3. The van der Waals surface area contributed by atoms with E-state index in [2.05, 4.69) is 10.6 Å². The number of carbonyl (C=O) groups is 3. The van der Waals surface area contributed by atoms with Gasteiger partial charge in [-0.05, 0) is 45.6 Å². The molecule has 3 amide bonds. The molecule has 1 aromatic carbocycles. The molecule has 0 radical (unpaired) electrons. The van der Waals surface area contributed by atoms with Gasteiger partial charge in [0.1, 0.15) is 23.4 Å². The average Bonchev–Trinajstić information content (AvgIpc) is 2.74. The molecule has 0 spiro atoms. The van der Waals surface area contributed by atoms with Gasteiger partial charge in [-0.2, -0.15) is 0 Å². The number of amides is 3. The van der Waals surface area contributed by atoms with Crippen LogP contribution in [-0.4, -0.2) is 52.6 Å². The Bertz CT molecular complexity index is 804. The van der Waals surface area contributed by atoms with Gasteiger partial charge in [-0.25, -0.2) is 4.79 Å². The predicted octanol–water partition coefficient (Wildman–Crippen LogP) is 4.53. The van der Waals surface area contributed by atoms with Crippen LogP contribution in [0.3, 0.4) is 0 Å². The zero-order valence-electron chi connectivity index (χ0n) is 21.8. The number of carbonyl (C=O) groups excluding carboxylic acids is 3. The summed E-state index contributed by atoms with van der Waals surface area (Å²) in [5.41, 5.74) is -0.366. The maximum absolute atomic E-state index is 13.8. The van der Waals surface area contributed by atoms with Gasteiger partial charge in [-0.15, -0.1) is 0 Å². The van der Waals surface area contributed by atoms with Gasteiger partial charge in [0.05, 0.1) is 0 Å². The molecule has 0 saturated carbocycles. The van der Waals surface area contributed by atoms with E-state index in [1.54, 1.807) is 39.0 Å². The Morgan fingerprint density at radius 1 is 1.06 bits per heavy atom. The molecule has 0 aromatic heterocycles. The molecule has 8 nitrogen and oxygen atoms in total. The van der Waals surface area contributed by atoms with Gasteiger partial charge >= 0.3 is 6.09 Å². The fourth-order valence-electron chi connectivity index (χ4n) is 3.48. The zero-order valence-corrected chi connectivity index (χ0v) is 21.8. The smallest absolute Gasteiger partial charge is 0.408 e. The number of rotatable bonds is 12. The largest absolute Gasteiger partial charge is 0.508 e. The first-order valence-corrected chi connectivity index (χ1v) is 12.3. The highest BCUT2D eigenvalue weighted by atomic mass is 16.6. The number of hydrogen-bond donors (Lipinski definition) is 3. The van der Waals surface area contributed by atoms with Crippen LogP contribution in [0.5, 0.6) is 5.75 Å². The number of phenols is 1. The molecular formula is C26H43N3O5. The van der Waals surface area contributed by atoms with Crippen molar-refractivity contribution in [1.82, 2.24) is 15.5 Å². The number of para-hydroxylation sites is 1. The number of aromatic hydroxyl groups is 1. The maximum Gasteiger partial charge on any atom is 0.408 e. The lowest BCUT2D eigenvalue weighted by molar-refractivity contribution is -0.143. The molecule has 0 heterocycles. The van der Waals surface area contributed by atoms with Gasteiger partial charge in [0.2, 0.25) is 11.8 Å². The number of hydrogen-bond acceptors (Lipinski definition) is 5. The van der Waals surface area contributed by atoms with Crippen LogP contribution >= 0.6 is 0 Å². The SMILES string of the molecule is CCCCNC(=O)C(c1ccccc1O)N(CCCC)C(=O)C(NC(=O)OC(C)(C)C)C(C)C. The minimum Gasteiger partial charge on any atom is -0.508 e.